The van der Waals surface area contributed by atoms with Crippen molar-refractivity contribution in [3.63, 3.8) is 0 Å². The lowest BCUT2D eigenvalue weighted by Gasteiger charge is -2.14. The van der Waals surface area contributed by atoms with Gasteiger partial charge in [-0.1, -0.05) is 5.57 Å². The van der Waals surface area contributed by atoms with Crippen molar-refractivity contribution >= 4 is 27.1 Å². The molecule has 0 atom stereocenters. The lowest BCUT2D eigenvalue weighted by atomic mass is 10.1. The second kappa shape index (κ2) is 4.20. The summed E-state index contributed by atoms with van der Waals surface area (Å²) in [6.45, 7) is 0. The molecule has 1 N–H and O–H groups in total. The number of aromatic nitrogens is 3. The van der Waals surface area contributed by atoms with Gasteiger partial charge in [0.05, 0.1) is 23.4 Å². The van der Waals surface area contributed by atoms with Crippen LogP contribution in [0.25, 0.3) is 17.2 Å². The van der Waals surface area contributed by atoms with Gasteiger partial charge in [0.1, 0.15) is 5.52 Å². The van der Waals surface area contributed by atoms with E-state index in [9.17, 15) is 8.42 Å². The lowest BCUT2D eigenvalue weighted by molar-refractivity contribution is 0.589. The van der Waals surface area contributed by atoms with Gasteiger partial charge in [-0.25, -0.2) is 18.4 Å². The molecular weight excluding hydrogens is 250 g/mol. The number of nitrogens with one attached hydrogen (secondary N) is 1. The molecule has 0 amide bonds. The summed E-state index contributed by atoms with van der Waals surface area (Å²) in [5.41, 5.74) is 3.52. The van der Waals surface area contributed by atoms with Crippen molar-refractivity contribution in [2.45, 2.75) is 12.8 Å². The Bertz CT molecular complexity index is 700. The molecule has 3 heterocycles. The van der Waals surface area contributed by atoms with Gasteiger partial charge in [0.15, 0.2) is 15.5 Å². The van der Waals surface area contributed by atoms with Crippen LogP contribution in [0.2, 0.25) is 0 Å². The summed E-state index contributed by atoms with van der Waals surface area (Å²) < 4.78 is 22.7. The van der Waals surface area contributed by atoms with E-state index < -0.39 is 9.84 Å². The average Bonchev–Trinajstić information content (AvgIpc) is 2.79. The summed E-state index contributed by atoms with van der Waals surface area (Å²) in [6.07, 6.45) is 6.67. The third-order valence-electron chi connectivity index (χ3n) is 3.10. The van der Waals surface area contributed by atoms with Crippen LogP contribution in [-0.4, -0.2) is 34.9 Å². The van der Waals surface area contributed by atoms with Crippen LogP contribution in [0.3, 0.4) is 0 Å². The monoisotopic (exact) mass is 263 g/mol. The highest BCUT2D eigenvalue weighted by atomic mass is 32.2. The van der Waals surface area contributed by atoms with Gasteiger partial charge < -0.3 is 4.98 Å². The molecule has 2 aromatic rings. The summed E-state index contributed by atoms with van der Waals surface area (Å²) in [4.78, 5) is 11.7. The first-order valence-corrected chi connectivity index (χ1v) is 7.64. The van der Waals surface area contributed by atoms with E-state index in [-0.39, 0.29) is 11.5 Å². The maximum atomic E-state index is 11.3. The molecule has 1 fully saturated rings. The Balaban J connectivity index is 1.87. The van der Waals surface area contributed by atoms with Gasteiger partial charge in [0.2, 0.25) is 0 Å². The Kier molecular flexibility index (Phi) is 2.66. The Hall–Kier alpha value is -1.69. The van der Waals surface area contributed by atoms with Crippen molar-refractivity contribution in [3.05, 3.63) is 29.7 Å². The molecule has 3 rings (SSSR count). The number of fused-ring (bicyclic) bond motifs is 1. The predicted octanol–water partition coefficient (Wildman–Crippen LogP) is 1.55. The van der Waals surface area contributed by atoms with Crippen molar-refractivity contribution in [1.29, 1.82) is 0 Å². The van der Waals surface area contributed by atoms with E-state index in [0.717, 1.165) is 22.4 Å². The third kappa shape index (κ3) is 2.28. The van der Waals surface area contributed by atoms with Crippen molar-refractivity contribution in [2.75, 3.05) is 11.5 Å². The SMILES string of the molecule is O=S1(=O)CCC(=Cc2cnc3[nH]ccc3n2)CC1. The summed E-state index contributed by atoms with van der Waals surface area (Å²) in [5.74, 6) is 0.497. The normalized spacial score (nSPS) is 19.0. The van der Waals surface area contributed by atoms with Crippen LogP contribution < -0.4 is 0 Å². The molecular formula is C12H13N3O2S. The number of hydrogen-bond donors (Lipinski definition) is 1. The minimum Gasteiger partial charge on any atom is -0.345 e. The maximum Gasteiger partial charge on any atom is 0.156 e. The van der Waals surface area contributed by atoms with Gasteiger partial charge in [-0.2, -0.15) is 0 Å². The number of rotatable bonds is 1. The fraction of sp³-hybridized carbons (Fsp3) is 0.333. The number of hydrogen-bond acceptors (Lipinski definition) is 4. The molecule has 0 unspecified atom stereocenters. The Morgan fingerprint density at radius 3 is 2.83 bits per heavy atom. The highest BCUT2D eigenvalue weighted by Gasteiger charge is 2.18. The fourth-order valence-corrected chi connectivity index (χ4v) is 3.42. The molecule has 0 aliphatic carbocycles. The Morgan fingerprint density at radius 1 is 1.28 bits per heavy atom. The minimum atomic E-state index is -2.82. The maximum absolute atomic E-state index is 11.3. The molecule has 0 spiro atoms. The van der Waals surface area contributed by atoms with Crippen LogP contribution in [-0.2, 0) is 9.84 Å². The van der Waals surface area contributed by atoms with Crippen LogP contribution in [0.4, 0.5) is 0 Å². The third-order valence-corrected chi connectivity index (χ3v) is 4.75. The molecule has 2 aromatic heterocycles. The second-order valence-electron chi connectivity index (χ2n) is 4.46. The summed E-state index contributed by atoms with van der Waals surface area (Å²) >= 11 is 0. The van der Waals surface area contributed by atoms with Crippen LogP contribution in [0, 0.1) is 0 Å². The molecule has 0 aromatic carbocycles. The van der Waals surface area contributed by atoms with Crippen LogP contribution in [0.5, 0.6) is 0 Å². The molecule has 0 bridgehead atoms. The van der Waals surface area contributed by atoms with E-state index in [1.54, 1.807) is 12.4 Å². The Morgan fingerprint density at radius 2 is 2.06 bits per heavy atom. The standard InChI is InChI=1S/C12H13N3O2S/c16-18(17)5-2-9(3-6-18)7-10-8-14-12-11(15-10)1-4-13-12/h1,4,7-8H,2-3,5-6H2,(H,13,14). The first kappa shape index (κ1) is 11.4. The number of nitrogens with zero attached hydrogens (tertiary/aromatic N) is 2. The van der Waals surface area contributed by atoms with Crippen molar-refractivity contribution in [1.82, 2.24) is 15.0 Å². The smallest absolute Gasteiger partial charge is 0.156 e. The number of aromatic amines is 1. The lowest BCUT2D eigenvalue weighted by Crippen LogP contribution is -2.17. The zero-order valence-corrected chi connectivity index (χ0v) is 10.6. The molecule has 1 saturated heterocycles. The zero-order chi connectivity index (χ0) is 12.6. The van der Waals surface area contributed by atoms with Gasteiger partial charge >= 0.3 is 0 Å². The average molecular weight is 263 g/mol. The van der Waals surface area contributed by atoms with Crippen LogP contribution in [0.1, 0.15) is 18.5 Å². The topological polar surface area (TPSA) is 75.7 Å². The fourth-order valence-electron chi connectivity index (χ4n) is 2.07. The number of sulfone groups is 1. The van der Waals surface area contributed by atoms with Gasteiger partial charge in [-0.3, -0.25) is 0 Å². The highest BCUT2D eigenvalue weighted by Crippen LogP contribution is 2.20. The van der Waals surface area contributed by atoms with Crippen molar-refractivity contribution in [3.8, 4) is 0 Å². The summed E-state index contributed by atoms with van der Waals surface area (Å²) in [6, 6.07) is 1.87. The molecule has 5 nitrogen and oxygen atoms in total. The molecule has 1 aliphatic rings. The first-order chi connectivity index (χ1) is 8.62. The molecule has 18 heavy (non-hydrogen) atoms. The first-order valence-electron chi connectivity index (χ1n) is 5.82. The van der Waals surface area contributed by atoms with Gasteiger partial charge in [0, 0.05) is 6.20 Å². The van der Waals surface area contributed by atoms with E-state index in [4.69, 9.17) is 0 Å². The van der Waals surface area contributed by atoms with Crippen molar-refractivity contribution < 1.29 is 8.42 Å². The van der Waals surface area contributed by atoms with E-state index in [0.29, 0.717) is 12.8 Å². The number of allylic oxidation sites excluding steroid dienone is 1. The van der Waals surface area contributed by atoms with E-state index in [1.807, 2.05) is 12.1 Å². The predicted molar refractivity (Wildman–Crippen MR) is 69.8 cm³/mol. The van der Waals surface area contributed by atoms with Gasteiger partial charge in [-0.05, 0) is 25.0 Å². The van der Waals surface area contributed by atoms with E-state index >= 15 is 0 Å². The number of H-pyrrole nitrogens is 1. The quantitative estimate of drug-likeness (QED) is 0.847. The van der Waals surface area contributed by atoms with Crippen molar-refractivity contribution in [2.24, 2.45) is 0 Å². The summed E-state index contributed by atoms with van der Waals surface area (Å²) in [7, 11) is -2.82. The zero-order valence-electron chi connectivity index (χ0n) is 9.76. The minimum absolute atomic E-state index is 0.249. The van der Waals surface area contributed by atoms with Crippen LogP contribution >= 0.6 is 0 Å². The molecule has 1 aliphatic heterocycles. The Labute approximate surface area is 105 Å². The molecule has 6 heteroatoms. The van der Waals surface area contributed by atoms with E-state index in [1.165, 1.54) is 0 Å². The van der Waals surface area contributed by atoms with Gasteiger partial charge in [-0.15, -0.1) is 0 Å². The van der Waals surface area contributed by atoms with E-state index in [2.05, 4.69) is 15.0 Å². The highest BCUT2D eigenvalue weighted by molar-refractivity contribution is 7.91. The molecule has 0 radical (unpaired) electrons. The largest absolute Gasteiger partial charge is 0.345 e. The van der Waals surface area contributed by atoms with Crippen LogP contribution in [0.15, 0.2) is 24.0 Å². The van der Waals surface area contributed by atoms with Gasteiger partial charge in [0.25, 0.3) is 0 Å². The molecule has 94 valence electrons. The second-order valence-corrected chi connectivity index (χ2v) is 6.76. The molecule has 0 saturated carbocycles. The summed E-state index contributed by atoms with van der Waals surface area (Å²) in [5, 5.41) is 0.